The van der Waals surface area contributed by atoms with Crippen molar-refractivity contribution in [2.45, 2.75) is 26.2 Å². The topological polar surface area (TPSA) is 72.9 Å². The maximum atomic E-state index is 12.6. The zero-order valence-electron chi connectivity index (χ0n) is 18.1. The molecule has 6 heteroatoms. The highest BCUT2D eigenvalue weighted by Crippen LogP contribution is 2.29. The lowest BCUT2D eigenvalue weighted by Gasteiger charge is -2.19. The minimum atomic E-state index is -0.557. The SMILES string of the molecule is CC(C)(C)c1ccc(OCC(=O)Oc2ccc(N3C(=O)c4ccccc4C3=O)cc2)cc1. The molecule has 6 nitrogen and oxygen atoms in total. The first-order valence-electron chi connectivity index (χ1n) is 10.3. The summed E-state index contributed by atoms with van der Waals surface area (Å²) in [6.45, 7) is 6.13. The molecule has 3 aromatic rings. The molecule has 0 spiro atoms. The number of fused-ring (bicyclic) bond motifs is 1. The van der Waals surface area contributed by atoms with Gasteiger partial charge < -0.3 is 9.47 Å². The minimum absolute atomic E-state index is 0.0384. The van der Waals surface area contributed by atoms with Gasteiger partial charge in [0, 0.05) is 0 Å². The lowest BCUT2D eigenvalue weighted by Crippen LogP contribution is -2.29. The standard InChI is InChI=1S/C26H23NO5/c1-26(2,3)17-8-12-19(13-9-17)31-16-23(28)32-20-14-10-18(11-15-20)27-24(29)21-6-4-5-7-22(21)25(27)30/h4-15H,16H2,1-3H3. The lowest BCUT2D eigenvalue weighted by molar-refractivity contribution is -0.136. The van der Waals surface area contributed by atoms with E-state index in [0.717, 1.165) is 4.90 Å². The molecule has 0 aliphatic carbocycles. The van der Waals surface area contributed by atoms with Gasteiger partial charge in [0.25, 0.3) is 11.8 Å². The molecule has 3 aromatic carbocycles. The van der Waals surface area contributed by atoms with Crippen LogP contribution in [0.4, 0.5) is 5.69 Å². The van der Waals surface area contributed by atoms with Crippen LogP contribution in [-0.4, -0.2) is 24.4 Å². The second-order valence-corrected chi connectivity index (χ2v) is 8.52. The van der Waals surface area contributed by atoms with E-state index in [1.807, 2.05) is 24.3 Å². The Hall–Kier alpha value is -3.93. The third-order valence-corrected chi connectivity index (χ3v) is 5.20. The van der Waals surface area contributed by atoms with Gasteiger partial charge in [0.15, 0.2) is 6.61 Å². The Bertz CT molecular complexity index is 1140. The maximum absolute atomic E-state index is 12.6. The molecular weight excluding hydrogens is 406 g/mol. The van der Waals surface area contributed by atoms with E-state index in [4.69, 9.17) is 9.47 Å². The predicted molar refractivity (Wildman–Crippen MR) is 120 cm³/mol. The van der Waals surface area contributed by atoms with Crippen LogP contribution >= 0.6 is 0 Å². The number of carbonyl (C=O) groups excluding carboxylic acids is 3. The highest BCUT2D eigenvalue weighted by Gasteiger charge is 2.36. The number of amides is 2. The van der Waals surface area contributed by atoms with E-state index in [-0.39, 0.29) is 23.8 Å². The smallest absolute Gasteiger partial charge is 0.349 e. The van der Waals surface area contributed by atoms with Crippen molar-refractivity contribution in [3.63, 3.8) is 0 Å². The summed E-state index contributed by atoms with van der Waals surface area (Å²) in [4.78, 5) is 38.4. The van der Waals surface area contributed by atoms with Gasteiger partial charge in [-0.25, -0.2) is 9.69 Å². The van der Waals surface area contributed by atoms with Gasteiger partial charge in [0.1, 0.15) is 11.5 Å². The summed E-state index contributed by atoms with van der Waals surface area (Å²) < 4.78 is 10.8. The zero-order valence-corrected chi connectivity index (χ0v) is 18.1. The van der Waals surface area contributed by atoms with Gasteiger partial charge in [-0.15, -0.1) is 0 Å². The van der Waals surface area contributed by atoms with E-state index in [9.17, 15) is 14.4 Å². The van der Waals surface area contributed by atoms with Crippen LogP contribution in [0.5, 0.6) is 11.5 Å². The average molecular weight is 429 g/mol. The fraction of sp³-hybridized carbons (Fsp3) is 0.192. The summed E-state index contributed by atoms with van der Waals surface area (Å²) in [6.07, 6.45) is 0. The van der Waals surface area contributed by atoms with Crippen molar-refractivity contribution in [3.8, 4) is 11.5 Å². The fourth-order valence-corrected chi connectivity index (χ4v) is 3.44. The molecule has 162 valence electrons. The van der Waals surface area contributed by atoms with Crippen molar-refractivity contribution >= 4 is 23.5 Å². The molecule has 32 heavy (non-hydrogen) atoms. The summed E-state index contributed by atoms with van der Waals surface area (Å²) >= 11 is 0. The molecule has 1 aliphatic rings. The molecule has 2 amide bonds. The van der Waals surface area contributed by atoms with E-state index in [1.165, 1.54) is 17.7 Å². The van der Waals surface area contributed by atoms with Crippen LogP contribution in [0.3, 0.4) is 0 Å². The molecule has 0 saturated heterocycles. The molecule has 4 rings (SSSR count). The minimum Gasteiger partial charge on any atom is -0.482 e. The van der Waals surface area contributed by atoms with Crippen molar-refractivity contribution in [1.82, 2.24) is 0 Å². The number of carbonyl (C=O) groups is 3. The Morgan fingerprint density at radius 1 is 0.781 bits per heavy atom. The number of benzene rings is 3. The average Bonchev–Trinajstić information content (AvgIpc) is 3.03. The molecule has 1 heterocycles. The number of nitrogens with zero attached hydrogens (tertiary/aromatic N) is 1. The molecule has 0 atom stereocenters. The van der Waals surface area contributed by atoms with E-state index in [2.05, 4.69) is 20.8 Å². The molecule has 0 N–H and O–H groups in total. The first-order valence-corrected chi connectivity index (χ1v) is 10.3. The van der Waals surface area contributed by atoms with Crippen LogP contribution < -0.4 is 14.4 Å². The summed E-state index contributed by atoms with van der Waals surface area (Å²) in [7, 11) is 0. The lowest BCUT2D eigenvalue weighted by atomic mass is 9.87. The van der Waals surface area contributed by atoms with E-state index in [1.54, 1.807) is 36.4 Å². The first-order chi connectivity index (χ1) is 15.2. The number of anilines is 1. The van der Waals surface area contributed by atoms with Gasteiger partial charge in [-0.2, -0.15) is 0 Å². The largest absolute Gasteiger partial charge is 0.482 e. The molecule has 0 aromatic heterocycles. The number of esters is 1. The van der Waals surface area contributed by atoms with Crippen LogP contribution in [0, 0.1) is 0 Å². The number of hydrogen-bond donors (Lipinski definition) is 0. The van der Waals surface area contributed by atoms with Gasteiger partial charge >= 0.3 is 5.97 Å². The number of rotatable bonds is 5. The number of imide groups is 1. The molecule has 0 unspecified atom stereocenters. The van der Waals surface area contributed by atoms with E-state index >= 15 is 0 Å². The Morgan fingerprint density at radius 2 is 1.31 bits per heavy atom. The van der Waals surface area contributed by atoms with Crippen molar-refractivity contribution < 1.29 is 23.9 Å². The molecule has 1 aliphatic heterocycles. The summed E-state index contributed by atoms with van der Waals surface area (Å²) in [5, 5.41) is 0. The molecule has 0 bridgehead atoms. The van der Waals surface area contributed by atoms with Gasteiger partial charge in [0.2, 0.25) is 0 Å². The van der Waals surface area contributed by atoms with Crippen molar-refractivity contribution in [1.29, 1.82) is 0 Å². The Morgan fingerprint density at radius 3 is 1.84 bits per heavy atom. The monoisotopic (exact) mass is 429 g/mol. The predicted octanol–water partition coefficient (Wildman–Crippen LogP) is 4.77. The highest BCUT2D eigenvalue weighted by molar-refractivity contribution is 6.34. The Kier molecular flexibility index (Phi) is 5.53. The first kappa shape index (κ1) is 21.3. The fourth-order valence-electron chi connectivity index (χ4n) is 3.44. The van der Waals surface area contributed by atoms with Gasteiger partial charge in [-0.05, 0) is 59.5 Å². The maximum Gasteiger partial charge on any atom is 0.349 e. The van der Waals surface area contributed by atoms with Gasteiger partial charge in [-0.1, -0.05) is 45.0 Å². The van der Waals surface area contributed by atoms with Crippen molar-refractivity contribution in [2.24, 2.45) is 0 Å². The van der Waals surface area contributed by atoms with E-state index in [0.29, 0.717) is 28.3 Å². The van der Waals surface area contributed by atoms with Crippen molar-refractivity contribution in [3.05, 3.63) is 89.5 Å². The molecule has 0 radical (unpaired) electrons. The summed E-state index contributed by atoms with van der Waals surface area (Å²) in [5.74, 6) is -0.432. The summed E-state index contributed by atoms with van der Waals surface area (Å²) in [5.41, 5.74) is 2.37. The van der Waals surface area contributed by atoms with Crippen LogP contribution in [-0.2, 0) is 10.2 Å². The number of ether oxygens (including phenoxy) is 2. The Balaban J connectivity index is 1.35. The highest BCUT2D eigenvalue weighted by atomic mass is 16.6. The van der Waals surface area contributed by atoms with Crippen LogP contribution in [0.2, 0.25) is 0 Å². The quantitative estimate of drug-likeness (QED) is 0.332. The molecule has 0 fully saturated rings. The van der Waals surface area contributed by atoms with Gasteiger partial charge in [0.05, 0.1) is 16.8 Å². The van der Waals surface area contributed by atoms with Crippen LogP contribution in [0.1, 0.15) is 47.1 Å². The zero-order chi connectivity index (χ0) is 22.9. The summed E-state index contributed by atoms with van der Waals surface area (Å²) in [6, 6.07) is 20.5. The third kappa shape index (κ3) is 4.25. The number of hydrogen-bond acceptors (Lipinski definition) is 5. The van der Waals surface area contributed by atoms with E-state index < -0.39 is 5.97 Å². The van der Waals surface area contributed by atoms with Crippen molar-refractivity contribution in [2.75, 3.05) is 11.5 Å². The second-order valence-electron chi connectivity index (χ2n) is 8.52. The third-order valence-electron chi connectivity index (χ3n) is 5.20. The van der Waals surface area contributed by atoms with Gasteiger partial charge in [-0.3, -0.25) is 9.59 Å². The molecule has 0 saturated carbocycles. The normalized spacial score (nSPS) is 13.2. The second kappa shape index (κ2) is 8.30. The molecular formula is C26H23NO5. The Labute approximate surface area is 186 Å². The van der Waals surface area contributed by atoms with Crippen LogP contribution in [0.15, 0.2) is 72.8 Å². The van der Waals surface area contributed by atoms with Crippen LogP contribution in [0.25, 0.3) is 0 Å².